The van der Waals surface area contributed by atoms with E-state index in [1.807, 2.05) is 45.0 Å². The first-order valence-corrected chi connectivity index (χ1v) is 10.7. The van der Waals surface area contributed by atoms with E-state index in [9.17, 15) is 8.42 Å². The highest BCUT2D eigenvalue weighted by molar-refractivity contribution is 7.90. The quantitative estimate of drug-likeness (QED) is 0.620. The van der Waals surface area contributed by atoms with Crippen molar-refractivity contribution >= 4 is 15.9 Å². The lowest BCUT2D eigenvalue weighted by Gasteiger charge is -2.34. The molecule has 0 spiro atoms. The van der Waals surface area contributed by atoms with Crippen molar-refractivity contribution in [3.8, 4) is 5.75 Å². The van der Waals surface area contributed by atoms with Crippen LogP contribution in [0.3, 0.4) is 0 Å². The molecule has 1 aromatic carbocycles. The van der Waals surface area contributed by atoms with Gasteiger partial charge in [0, 0.05) is 26.3 Å². The number of hydrogen-bond acceptors (Lipinski definition) is 4. The smallest absolute Gasteiger partial charge is 0.304 e. The van der Waals surface area contributed by atoms with E-state index in [2.05, 4.69) is 5.10 Å². The van der Waals surface area contributed by atoms with Gasteiger partial charge in [0.2, 0.25) is 0 Å². The Bertz CT molecular complexity index is 829. The molecule has 1 unspecified atom stereocenters. The number of ether oxygens (including phenoxy) is 1. The minimum Gasteiger partial charge on any atom is -0.497 e. The van der Waals surface area contributed by atoms with Crippen molar-refractivity contribution in [2.75, 3.05) is 24.5 Å². The van der Waals surface area contributed by atoms with E-state index in [1.54, 1.807) is 35.5 Å². The van der Waals surface area contributed by atoms with E-state index in [0.29, 0.717) is 24.5 Å². The lowest BCUT2D eigenvalue weighted by Crippen LogP contribution is -2.45. The first-order valence-electron chi connectivity index (χ1n) is 9.27. The van der Waals surface area contributed by atoms with Crippen LogP contribution in [0.25, 0.3) is 0 Å². The second kappa shape index (κ2) is 9.23. The third-order valence-corrected chi connectivity index (χ3v) is 6.44. The van der Waals surface area contributed by atoms with Gasteiger partial charge in [0.1, 0.15) is 5.75 Å². The van der Waals surface area contributed by atoms with E-state index in [-0.39, 0.29) is 0 Å². The lowest BCUT2D eigenvalue weighted by molar-refractivity contribution is 0.404. The van der Waals surface area contributed by atoms with Gasteiger partial charge < -0.3 is 4.74 Å². The van der Waals surface area contributed by atoms with Gasteiger partial charge in [-0.25, -0.2) is 4.31 Å². The zero-order valence-corrected chi connectivity index (χ0v) is 17.6. The highest BCUT2D eigenvalue weighted by Crippen LogP contribution is 2.32. The number of nitrogens with zero attached hydrogens (tertiary/aromatic N) is 4. The minimum absolute atomic E-state index is 0.412. The van der Waals surface area contributed by atoms with Gasteiger partial charge in [-0.05, 0) is 37.5 Å². The molecule has 0 aliphatic rings. The van der Waals surface area contributed by atoms with Crippen LogP contribution in [0.15, 0.2) is 36.7 Å². The van der Waals surface area contributed by atoms with Gasteiger partial charge in [-0.2, -0.15) is 17.8 Å². The molecule has 0 saturated heterocycles. The second-order valence-corrected chi connectivity index (χ2v) is 8.33. The van der Waals surface area contributed by atoms with Crippen LogP contribution in [-0.2, 0) is 17.3 Å². The van der Waals surface area contributed by atoms with Gasteiger partial charge >= 0.3 is 10.2 Å². The SMILES string of the molecule is CCCN(CCC)S(=O)(=O)N(c1cnn(C)c1)C(C)c1cccc(OC)c1. The molecule has 1 atom stereocenters. The summed E-state index contributed by atoms with van der Waals surface area (Å²) in [7, 11) is -0.343. The van der Waals surface area contributed by atoms with Crippen LogP contribution in [0, 0.1) is 0 Å². The Morgan fingerprint density at radius 3 is 2.41 bits per heavy atom. The van der Waals surface area contributed by atoms with Gasteiger partial charge in [0.25, 0.3) is 0 Å². The Kier molecular flexibility index (Phi) is 7.26. The summed E-state index contributed by atoms with van der Waals surface area (Å²) >= 11 is 0. The Morgan fingerprint density at radius 1 is 1.22 bits per heavy atom. The second-order valence-electron chi connectivity index (χ2n) is 6.53. The highest BCUT2D eigenvalue weighted by Gasteiger charge is 2.34. The standard InChI is InChI=1S/C19H30N4O3S/c1-6-11-22(12-7-2)27(24,25)23(18-14-20-21(4)15-18)16(3)17-9-8-10-19(13-17)26-5/h8-10,13-16H,6-7,11-12H2,1-5H3. The summed E-state index contributed by atoms with van der Waals surface area (Å²) in [5, 5.41) is 4.18. The Labute approximate surface area is 162 Å². The van der Waals surface area contributed by atoms with Crippen molar-refractivity contribution in [3.05, 3.63) is 42.2 Å². The van der Waals surface area contributed by atoms with Crippen molar-refractivity contribution in [2.45, 2.75) is 39.7 Å². The zero-order valence-electron chi connectivity index (χ0n) is 16.8. The molecule has 8 heteroatoms. The minimum atomic E-state index is -3.72. The molecule has 2 rings (SSSR count). The number of anilines is 1. The number of aromatic nitrogens is 2. The van der Waals surface area contributed by atoms with Crippen LogP contribution < -0.4 is 9.04 Å². The molecule has 0 aliphatic heterocycles. The molecule has 0 fully saturated rings. The normalized spacial score (nSPS) is 13.0. The Hall–Kier alpha value is -2.06. The van der Waals surface area contributed by atoms with Gasteiger partial charge in [-0.3, -0.25) is 4.68 Å². The molecule has 1 aromatic heterocycles. The molecule has 0 amide bonds. The third kappa shape index (κ3) is 4.81. The third-order valence-electron chi connectivity index (χ3n) is 4.39. The van der Waals surface area contributed by atoms with Crippen LogP contribution in [0.4, 0.5) is 5.69 Å². The summed E-state index contributed by atoms with van der Waals surface area (Å²) in [4.78, 5) is 0. The lowest BCUT2D eigenvalue weighted by atomic mass is 10.1. The van der Waals surface area contributed by atoms with Crippen LogP contribution >= 0.6 is 0 Å². The summed E-state index contributed by atoms with van der Waals surface area (Å²) < 4.78 is 37.1. The van der Waals surface area contributed by atoms with Crippen molar-refractivity contribution in [2.24, 2.45) is 7.05 Å². The molecule has 1 heterocycles. The van der Waals surface area contributed by atoms with Crippen LogP contribution in [0.1, 0.15) is 45.2 Å². The van der Waals surface area contributed by atoms with Gasteiger partial charge in [0.15, 0.2) is 0 Å². The topological polar surface area (TPSA) is 67.7 Å². The molecule has 0 aliphatic carbocycles. The van der Waals surface area contributed by atoms with Crippen molar-refractivity contribution in [1.29, 1.82) is 0 Å². The van der Waals surface area contributed by atoms with Crippen LogP contribution in [0.2, 0.25) is 0 Å². The summed E-state index contributed by atoms with van der Waals surface area (Å²) in [5.41, 5.74) is 1.40. The van der Waals surface area contributed by atoms with Crippen molar-refractivity contribution in [1.82, 2.24) is 14.1 Å². The Morgan fingerprint density at radius 2 is 1.89 bits per heavy atom. The summed E-state index contributed by atoms with van der Waals surface area (Å²) in [5.74, 6) is 0.696. The maximum Gasteiger partial charge on any atom is 0.304 e. The monoisotopic (exact) mass is 394 g/mol. The number of hydrogen-bond donors (Lipinski definition) is 0. The average molecular weight is 395 g/mol. The highest BCUT2D eigenvalue weighted by atomic mass is 32.2. The molecule has 7 nitrogen and oxygen atoms in total. The average Bonchev–Trinajstić information content (AvgIpc) is 3.07. The first kappa shape index (κ1) is 21.2. The zero-order chi connectivity index (χ0) is 20.0. The maximum atomic E-state index is 13.6. The molecule has 0 radical (unpaired) electrons. The molecular weight excluding hydrogens is 364 g/mol. The predicted molar refractivity (Wildman–Crippen MR) is 108 cm³/mol. The molecule has 0 bridgehead atoms. The van der Waals surface area contributed by atoms with E-state index in [1.165, 1.54) is 4.31 Å². The van der Waals surface area contributed by atoms with Crippen LogP contribution in [-0.4, -0.2) is 42.7 Å². The molecule has 2 aromatic rings. The van der Waals surface area contributed by atoms with E-state index < -0.39 is 16.3 Å². The first-order chi connectivity index (χ1) is 12.8. The van der Waals surface area contributed by atoms with Crippen LogP contribution in [0.5, 0.6) is 5.75 Å². The number of benzene rings is 1. The van der Waals surface area contributed by atoms with Gasteiger partial charge in [-0.15, -0.1) is 0 Å². The number of methoxy groups -OCH3 is 1. The molecule has 0 N–H and O–H groups in total. The van der Waals surface area contributed by atoms with E-state index >= 15 is 0 Å². The maximum absolute atomic E-state index is 13.6. The predicted octanol–water partition coefficient (Wildman–Crippen LogP) is 3.36. The fourth-order valence-electron chi connectivity index (χ4n) is 3.08. The number of rotatable bonds is 10. The molecular formula is C19H30N4O3S. The van der Waals surface area contributed by atoms with Gasteiger partial charge in [0.05, 0.1) is 25.0 Å². The molecule has 27 heavy (non-hydrogen) atoms. The number of aryl methyl sites for hydroxylation is 1. The summed E-state index contributed by atoms with van der Waals surface area (Å²) in [6, 6.07) is 7.09. The summed E-state index contributed by atoms with van der Waals surface area (Å²) in [6.07, 6.45) is 4.83. The molecule has 150 valence electrons. The van der Waals surface area contributed by atoms with Crippen molar-refractivity contribution < 1.29 is 13.2 Å². The Balaban J connectivity index is 2.53. The fraction of sp³-hybridized carbons (Fsp3) is 0.526. The fourth-order valence-corrected chi connectivity index (χ4v) is 5.04. The van der Waals surface area contributed by atoms with E-state index in [0.717, 1.165) is 18.4 Å². The summed E-state index contributed by atoms with van der Waals surface area (Å²) in [6.45, 7) is 6.82. The van der Waals surface area contributed by atoms with E-state index in [4.69, 9.17) is 4.74 Å². The molecule has 0 saturated carbocycles. The largest absolute Gasteiger partial charge is 0.497 e. The van der Waals surface area contributed by atoms with Gasteiger partial charge in [-0.1, -0.05) is 26.0 Å². The van der Waals surface area contributed by atoms with Crippen molar-refractivity contribution in [3.63, 3.8) is 0 Å².